The van der Waals surface area contributed by atoms with Crippen LogP contribution in [-0.2, 0) is 10.1 Å². The van der Waals surface area contributed by atoms with Crippen molar-refractivity contribution in [1.82, 2.24) is 24.1 Å². The first kappa shape index (κ1) is 35.8. The predicted octanol–water partition coefficient (Wildman–Crippen LogP) is 4.11. The molecule has 0 spiro atoms. The van der Waals surface area contributed by atoms with Gasteiger partial charge in [-0.1, -0.05) is 24.3 Å². The number of hydrogen-bond acceptors (Lipinski definition) is 11. The molecular formula is C37H37N7O8S. The van der Waals surface area contributed by atoms with Crippen LogP contribution < -0.4 is 10.7 Å². The highest BCUT2D eigenvalue weighted by Gasteiger charge is 2.34. The molecule has 0 radical (unpaired) electrons. The minimum Gasteiger partial charge on any atom is -0.384 e. The molecule has 0 atom stereocenters. The number of para-hydroxylation sites is 1. The number of imidazole rings is 1. The molecule has 4 aromatic carbocycles. The molecule has 2 aromatic heterocycles. The molecular weight excluding hydrogens is 703 g/mol. The number of pyridine rings is 1. The van der Waals surface area contributed by atoms with Crippen molar-refractivity contribution in [2.45, 2.75) is 12.8 Å². The Labute approximate surface area is 303 Å². The highest BCUT2D eigenvalue weighted by Crippen LogP contribution is 2.34. The molecule has 4 heterocycles. The number of hydrogen-bond donors (Lipinski definition) is 2. The summed E-state index contributed by atoms with van der Waals surface area (Å²) in [5, 5.41) is 17.3. The fraction of sp³-hybridized carbons (Fsp3) is 0.297. The number of non-ortho nitro benzene ring substituents is 1. The van der Waals surface area contributed by atoms with E-state index in [9.17, 15) is 32.9 Å². The molecule has 8 rings (SSSR count). The summed E-state index contributed by atoms with van der Waals surface area (Å²) in [6, 6.07) is 19.3. The van der Waals surface area contributed by atoms with Gasteiger partial charge in [0, 0.05) is 73.4 Å². The normalized spacial score (nSPS) is 15.4. The second kappa shape index (κ2) is 14.5. The number of benzene rings is 4. The molecule has 1 fully saturated rings. The van der Waals surface area contributed by atoms with Crippen LogP contribution in [0.1, 0.15) is 33.6 Å². The first-order valence-corrected chi connectivity index (χ1v) is 19.1. The Bertz CT molecular complexity index is 2560. The topological polar surface area (TPSA) is 188 Å². The molecule has 16 heteroatoms. The average molecular weight is 740 g/mol. The number of nitrogens with zero attached hydrogens (tertiary/aromatic N) is 6. The van der Waals surface area contributed by atoms with Gasteiger partial charge in [-0.05, 0) is 61.6 Å². The van der Waals surface area contributed by atoms with Gasteiger partial charge in [0.2, 0.25) is 0 Å². The van der Waals surface area contributed by atoms with E-state index in [1.54, 1.807) is 24.5 Å². The van der Waals surface area contributed by atoms with Crippen molar-refractivity contribution < 1.29 is 27.5 Å². The van der Waals surface area contributed by atoms with E-state index in [0.29, 0.717) is 39.8 Å². The molecule has 53 heavy (non-hydrogen) atoms. The number of amides is 2. The smallest absolute Gasteiger partial charge is 0.270 e. The summed E-state index contributed by atoms with van der Waals surface area (Å²) in [6.45, 7) is 6.30. The summed E-state index contributed by atoms with van der Waals surface area (Å²) in [5.41, 5.74) is 3.82. The summed E-state index contributed by atoms with van der Waals surface area (Å²) in [7, 11) is -3.67. The second-order valence-corrected chi connectivity index (χ2v) is 14.7. The Morgan fingerprint density at radius 1 is 0.849 bits per heavy atom. The van der Waals surface area contributed by atoms with Gasteiger partial charge in [-0.2, -0.15) is 8.42 Å². The molecule has 0 unspecified atom stereocenters. The largest absolute Gasteiger partial charge is 0.384 e. The van der Waals surface area contributed by atoms with Crippen molar-refractivity contribution in [2.24, 2.45) is 0 Å². The molecule has 0 bridgehead atoms. The van der Waals surface area contributed by atoms with Crippen molar-refractivity contribution in [3.63, 3.8) is 0 Å². The fourth-order valence-corrected chi connectivity index (χ4v) is 7.34. The predicted molar refractivity (Wildman–Crippen MR) is 202 cm³/mol. The lowest BCUT2D eigenvalue weighted by atomic mass is 9.93. The van der Waals surface area contributed by atoms with Gasteiger partial charge in [-0.25, -0.2) is 4.98 Å². The van der Waals surface area contributed by atoms with Crippen molar-refractivity contribution in [3.8, 4) is 0 Å². The third-order valence-electron chi connectivity index (χ3n) is 9.76. The number of carbonyl (C=O) groups is 2. The Kier molecular flexibility index (Phi) is 9.78. The summed E-state index contributed by atoms with van der Waals surface area (Å²) in [4.78, 5) is 61.6. The van der Waals surface area contributed by atoms with Crippen LogP contribution in [0.15, 0.2) is 77.9 Å². The van der Waals surface area contributed by atoms with E-state index in [1.807, 2.05) is 40.8 Å². The number of rotatable bonds is 10. The highest BCUT2D eigenvalue weighted by atomic mass is 32.2. The Hall–Kier alpha value is -5.55. The molecule has 2 amide bonds. The van der Waals surface area contributed by atoms with E-state index >= 15 is 0 Å². The molecule has 0 aliphatic carbocycles. The van der Waals surface area contributed by atoms with Crippen molar-refractivity contribution in [3.05, 3.63) is 105 Å². The number of fused-ring (bicyclic) bond motifs is 2. The van der Waals surface area contributed by atoms with Gasteiger partial charge in [0.1, 0.15) is 6.33 Å². The lowest BCUT2D eigenvalue weighted by Gasteiger charge is -2.35. The van der Waals surface area contributed by atoms with Gasteiger partial charge < -0.3 is 15.1 Å². The van der Waals surface area contributed by atoms with Crippen molar-refractivity contribution in [2.75, 3.05) is 63.9 Å². The number of aromatic nitrogens is 2. The summed E-state index contributed by atoms with van der Waals surface area (Å²) in [5.74, 6) is -0.829. The van der Waals surface area contributed by atoms with Gasteiger partial charge in [0.25, 0.3) is 27.6 Å². The standard InChI is InChI=1S/C36H33N7O5.CH4O3S/c44-34-25-7-1-2-9-30(25)42-22-38-29-11-10-28(32(34)33(29)42)37-12-4-13-39-16-18-40(19-17-39)14-5-15-41-35(45)26-8-3-6-23-20-24(43(47)48)21-27(31(23)26)36(41)46;1-5(2,3)4/h1-3,6-11,20-22,37H,4-5,12-19H2;1H3,(H,2,3,4). The Balaban J connectivity index is 0.000000817. The molecule has 2 aliphatic heterocycles. The van der Waals surface area contributed by atoms with Crippen molar-refractivity contribution >= 4 is 71.4 Å². The van der Waals surface area contributed by atoms with Crippen LogP contribution in [-0.4, -0.2) is 112 Å². The van der Waals surface area contributed by atoms with Crippen LogP contribution >= 0.6 is 0 Å². The zero-order chi connectivity index (χ0) is 37.4. The average Bonchev–Trinajstić information content (AvgIpc) is 3.57. The lowest BCUT2D eigenvalue weighted by Crippen LogP contribution is -2.48. The quantitative estimate of drug-likeness (QED) is 0.0512. The zero-order valence-electron chi connectivity index (χ0n) is 28.9. The molecule has 6 aromatic rings. The van der Waals surface area contributed by atoms with Gasteiger partial charge in [-0.3, -0.25) is 38.4 Å². The first-order chi connectivity index (χ1) is 25.4. The number of nitro groups is 1. The van der Waals surface area contributed by atoms with E-state index in [2.05, 4.69) is 20.1 Å². The molecule has 1 saturated heterocycles. The maximum absolute atomic E-state index is 13.5. The van der Waals surface area contributed by atoms with Gasteiger partial charge >= 0.3 is 0 Å². The Morgan fingerprint density at radius 2 is 1.53 bits per heavy atom. The number of nitro benzene ring substituents is 1. The van der Waals surface area contributed by atoms with Crippen LogP contribution in [0.25, 0.3) is 38.1 Å². The minimum atomic E-state index is -3.67. The monoisotopic (exact) mass is 739 g/mol. The zero-order valence-corrected chi connectivity index (χ0v) is 29.7. The Morgan fingerprint density at radius 3 is 2.25 bits per heavy atom. The van der Waals surface area contributed by atoms with Gasteiger partial charge in [0.15, 0.2) is 5.43 Å². The van der Waals surface area contributed by atoms with Crippen LogP contribution in [0.4, 0.5) is 11.4 Å². The fourth-order valence-electron chi connectivity index (χ4n) is 7.34. The number of imide groups is 1. The van der Waals surface area contributed by atoms with Crippen molar-refractivity contribution in [1.29, 1.82) is 0 Å². The van der Waals surface area contributed by atoms with Crippen LogP contribution in [0, 0.1) is 10.1 Å². The lowest BCUT2D eigenvalue weighted by molar-refractivity contribution is -0.384. The minimum absolute atomic E-state index is 0.0167. The third kappa shape index (κ3) is 7.26. The third-order valence-corrected chi connectivity index (χ3v) is 9.76. The molecule has 0 saturated carbocycles. The highest BCUT2D eigenvalue weighted by molar-refractivity contribution is 7.85. The van der Waals surface area contributed by atoms with Gasteiger partial charge in [0.05, 0.1) is 38.7 Å². The van der Waals surface area contributed by atoms with Crippen LogP contribution in [0.5, 0.6) is 0 Å². The first-order valence-electron chi connectivity index (χ1n) is 17.2. The summed E-state index contributed by atoms with van der Waals surface area (Å²) >= 11 is 0. The van der Waals surface area contributed by atoms with E-state index in [-0.39, 0.29) is 29.1 Å². The maximum atomic E-state index is 13.5. The van der Waals surface area contributed by atoms with E-state index in [4.69, 9.17) is 4.55 Å². The number of anilines is 1. The maximum Gasteiger partial charge on any atom is 0.270 e. The molecule has 15 nitrogen and oxygen atoms in total. The van der Waals surface area contributed by atoms with E-state index < -0.39 is 20.9 Å². The second-order valence-electron chi connectivity index (χ2n) is 13.3. The number of piperazine rings is 1. The van der Waals surface area contributed by atoms with E-state index in [0.717, 1.165) is 74.5 Å². The number of carbonyl (C=O) groups excluding carboxylic acids is 2. The number of nitrogens with one attached hydrogen (secondary N) is 1. The molecule has 274 valence electrons. The van der Waals surface area contributed by atoms with Crippen LogP contribution in [0.3, 0.4) is 0 Å². The molecule has 2 aliphatic rings. The summed E-state index contributed by atoms with van der Waals surface area (Å²) in [6.07, 6.45) is 4.04. The van der Waals surface area contributed by atoms with E-state index in [1.165, 1.54) is 17.0 Å². The van der Waals surface area contributed by atoms with Gasteiger partial charge in [-0.15, -0.1) is 0 Å². The van der Waals surface area contributed by atoms with Crippen LogP contribution in [0.2, 0.25) is 0 Å². The molecule has 2 N–H and O–H groups in total. The SMILES string of the molecule is CS(=O)(=O)O.O=C1c2cccc3cc([N+](=O)[O-])cc(c23)C(=O)N1CCCN1CCN(CCCNc2ccc3ncn4c5ccccc5c(=O)c2c34)CC1. The summed E-state index contributed by atoms with van der Waals surface area (Å²) < 4.78 is 27.9.